The van der Waals surface area contributed by atoms with Crippen LogP contribution in [0.4, 0.5) is 10.6 Å². The van der Waals surface area contributed by atoms with Gasteiger partial charge in [0, 0.05) is 31.5 Å². The smallest absolute Gasteiger partial charge is 0.320 e. The van der Waals surface area contributed by atoms with Crippen molar-refractivity contribution >= 4 is 11.8 Å². The van der Waals surface area contributed by atoms with Crippen LogP contribution in [0.2, 0.25) is 0 Å². The second kappa shape index (κ2) is 9.73. The standard InChI is InChI=1S/C26H28N6O3/c1-17-24(20-12-27-31(2)13-20)30-32(21-7-5-4-6-8-21)25(17)29-26(33)28-23-16-35-15-19-10-9-18(14-34-3)11-22(19)23/h4-13,23H,14-16H2,1-3H3,(H2,28,29,33). The SMILES string of the molecule is COCc1ccc2c(c1)C(NC(=O)Nc1c(C)c(-c3cnn(C)c3)nn1-c1ccccc1)COC2. The molecule has 0 fully saturated rings. The Kier molecular flexibility index (Phi) is 6.35. The molecule has 2 aromatic heterocycles. The molecule has 2 amide bonds. The van der Waals surface area contributed by atoms with E-state index in [9.17, 15) is 4.79 Å². The number of urea groups is 1. The summed E-state index contributed by atoms with van der Waals surface area (Å²) in [6, 6.07) is 15.2. The van der Waals surface area contributed by atoms with E-state index in [4.69, 9.17) is 14.6 Å². The van der Waals surface area contributed by atoms with E-state index in [1.54, 1.807) is 22.7 Å². The van der Waals surface area contributed by atoms with Gasteiger partial charge in [0.1, 0.15) is 11.5 Å². The fourth-order valence-corrected chi connectivity index (χ4v) is 4.37. The maximum absolute atomic E-state index is 13.2. The Balaban J connectivity index is 1.44. The minimum Gasteiger partial charge on any atom is -0.380 e. The number of anilines is 1. The van der Waals surface area contributed by atoms with Crippen LogP contribution in [0.15, 0.2) is 60.9 Å². The normalized spacial score (nSPS) is 15.0. The van der Waals surface area contributed by atoms with Gasteiger partial charge in [-0.25, -0.2) is 9.48 Å². The molecule has 1 aliphatic heterocycles. The lowest BCUT2D eigenvalue weighted by molar-refractivity contribution is 0.0848. The summed E-state index contributed by atoms with van der Waals surface area (Å²) >= 11 is 0. The number of methoxy groups -OCH3 is 1. The fourth-order valence-electron chi connectivity index (χ4n) is 4.37. The molecule has 0 spiro atoms. The van der Waals surface area contributed by atoms with Gasteiger partial charge in [0.15, 0.2) is 0 Å². The maximum atomic E-state index is 13.2. The lowest BCUT2D eigenvalue weighted by Crippen LogP contribution is -2.37. The van der Waals surface area contributed by atoms with Gasteiger partial charge in [-0.05, 0) is 35.7 Å². The van der Waals surface area contributed by atoms with Crippen molar-refractivity contribution < 1.29 is 14.3 Å². The van der Waals surface area contributed by atoms with Crippen molar-refractivity contribution in [3.05, 3.63) is 83.2 Å². The van der Waals surface area contributed by atoms with E-state index >= 15 is 0 Å². The van der Waals surface area contributed by atoms with E-state index in [0.29, 0.717) is 25.6 Å². The van der Waals surface area contributed by atoms with Gasteiger partial charge in [-0.1, -0.05) is 36.4 Å². The van der Waals surface area contributed by atoms with Gasteiger partial charge in [0.25, 0.3) is 0 Å². The number of para-hydroxylation sites is 1. The van der Waals surface area contributed by atoms with Crippen LogP contribution >= 0.6 is 0 Å². The number of carbonyl (C=O) groups excluding carboxylic acids is 1. The van der Waals surface area contributed by atoms with Crippen molar-refractivity contribution in [3.8, 4) is 16.9 Å². The average Bonchev–Trinajstić information content (AvgIpc) is 3.43. The van der Waals surface area contributed by atoms with Crippen molar-refractivity contribution in [2.45, 2.75) is 26.2 Å². The van der Waals surface area contributed by atoms with Gasteiger partial charge < -0.3 is 14.8 Å². The van der Waals surface area contributed by atoms with E-state index in [1.165, 1.54) is 0 Å². The molecule has 0 saturated heterocycles. The summed E-state index contributed by atoms with van der Waals surface area (Å²) in [6.07, 6.45) is 3.67. The van der Waals surface area contributed by atoms with E-state index in [0.717, 1.165) is 39.2 Å². The Morgan fingerprint density at radius 1 is 1.23 bits per heavy atom. The first-order valence-electron chi connectivity index (χ1n) is 11.4. The van der Waals surface area contributed by atoms with E-state index in [1.807, 2.05) is 62.6 Å². The molecule has 1 unspecified atom stereocenters. The molecule has 35 heavy (non-hydrogen) atoms. The van der Waals surface area contributed by atoms with Gasteiger partial charge in [0.2, 0.25) is 0 Å². The Bertz CT molecular complexity index is 1340. The molecule has 2 N–H and O–H groups in total. The molecular weight excluding hydrogens is 444 g/mol. The number of amides is 2. The van der Waals surface area contributed by atoms with Gasteiger partial charge >= 0.3 is 6.03 Å². The van der Waals surface area contributed by atoms with Crippen LogP contribution in [0.5, 0.6) is 0 Å². The van der Waals surface area contributed by atoms with Crippen LogP contribution in [0, 0.1) is 6.92 Å². The number of nitrogens with one attached hydrogen (secondary N) is 2. The highest BCUT2D eigenvalue weighted by Crippen LogP contribution is 2.31. The minimum atomic E-state index is -0.332. The number of carbonyl (C=O) groups is 1. The molecular formula is C26H28N6O3. The highest BCUT2D eigenvalue weighted by Gasteiger charge is 2.25. The maximum Gasteiger partial charge on any atom is 0.320 e. The molecule has 9 heteroatoms. The van der Waals surface area contributed by atoms with Crippen molar-refractivity contribution in [1.82, 2.24) is 24.9 Å². The number of ether oxygens (including phenoxy) is 2. The van der Waals surface area contributed by atoms with Crippen LogP contribution in [0.25, 0.3) is 16.9 Å². The fraction of sp³-hybridized carbons (Fsp3) is 0.269. The van der Waals surface area contributed by atoms with Crippen molar-refractivity contribution in [1.29, 1.82) is 0 Å². The molecule has 0 radical (unpaired) electrons. The van der Waals surface area contributed by atoms with Crippen molar-refractivity contribution in [2.75, 3.05) is 19.0 Å². The Morgan fingerprint density at radius 2 is 2.06 bits per heavy atom. The van der Waals surface area contributed by atoms with Crippen LogP contribution < -0.4 is 10.6 Å². The number of fused-ring (bicyclic) bond motifs is 1. The monoisotopic (exact) mass is 472 g/mol. The molecule has 0 aliphatic carbocycles. The average molecular weight is 473 g/mol. The van der Waals surface area contributed by atoms with E-state index < -0.39 is 0 Å². The van der Waals surface area contributed by atoms with Crippen LogP contribution in [-0.4, -0.2) is 39.3 Å². The summed E-state index contributed by atoms with van der Waals surface area (Å²) < 4.78 is 14.5. The Hall–Kier alpha value is -3.95. The molecule has 1 aliphatic rings. The van der Waals surface area contributed by atoms with Gasteiger partial charge in [0.05, 0.1) is 37.7 Å². The highest BCUT2D eigenvalue weighted by molar-refractivity contribution is 5.91. The summed E-state index contributed by atoms with van der Waals surface area (Å²) in [4.78, 5) is 13.2. The number of nitrogens with zero attached hydrogens (tertiary/aromatic N) is 4. The molecule has 0 bridgehead atoms. The number of hydrogen-bond donors (Lipinski definition) is 2. The topological polar surface area (TPSA) is 95.2 Å². The van der Waals surface area contributed by atoms with Gasteiger partial charge in [-0.3, -0.25) is 10.00 Å². The van der Waals surface area contributed by atoms with Crippen molar-refractivity contribution in [2.24, 2.45) is 7.05 Å². The first-order valence-corrected chi connectivity index (χ1v) is 11.4. The molecule has 5 rings (SSSR count). The van der Waals surface area contributed by atoms with Crippen LogP contribution in [-0.2, 0) is 29.7 Å². The third kappa shape index (κ3) is 4.68. The highest BCUT2D eigenvalue weighted by atomic mass is 16.5. The number of aromatic nitrogens is 4. The summed E-state index contributed by atoms with van der Waals surface area (Å²) in [7, 11) is 3.53. The van der Waals surface area contributed by atoms with Crippen molar-refractivity contribution in [3.63, 3.8) is 0 Å². The minimum absolute atomic E-state index is 0.276. The molecule has 2 aromatic carbocycles. The lowest BCUT2D eigenvalue weighted by atomic mass is 9.96. The summed E-state index contributed by atoms with van der Waals surface area (Å²) in [5.74, 6) is 0.595. The third-order valence-electron chi connectivity index (χ3n) is 6.08. The predicted octanol–water partition coefficient (Wildman–Crippen LogP) is 4.12. The zero-order valence-corrected chi connectivity index (χ0v) is 20.0. The molecule has 4 aromatic rings. The molecule has 0 saturated carbocycles. The first kappa shape index (κ1) is 22.8. The molecule has 1 atom stereocenters. The van der Waals surface area contributed by atoms with Gasteiger partial charge in [-0.15, -0.1) is 0 Å². The van der Waals surface area contributed by atoms with E-state index in [-0.39, 0.29) is 12.1 Å². The molecule has 3 heterocycles. The zero-order valence-electron chi connectivity index (χ0n) is 20.0. The Labute approximate surface area is 203 Å². The lowest BCUT2D eigenvalue weighted by Gasteiger charge is -2.27. The van der Waals surface area contributed by atoms with E-state index in [2.05, 4.69) is 21.8 Å². The zero-order chi connectivity index (χ0) is 24.4. The summed E-state index contributed by atoms with van der Waals surface area (Å²) in [5, 5.41) is 15.2. The van der Waals surface area contributed by atoms with Gasteiger partial charge in [-0.2, -0.15) is 10.2 Å². The largest absolute Gasteiger partial charge is 0.380 e. The third-order valence-corrected chi connectivity index (χ3v) is 6.08. The number of benzene rings is 2. The second-order valence-electron chi connectivity index (χ2n) is 8.60. The van der Waals surface area contributed by atoms with Crippen LogP contribution in [0.1, 0.15) is 28.3 Å². The molecule has 9 nitrogen and oxygen atoms in total. The molecule has 180 valence electrons. The predicted molar refractivity (Wildman–Crippen MR) is 132 cm³/mol. The Morgan fingerprint density at radius 3 is 2.80 bits per heavy atom. The number of aryl methyl sites for hydroxylation is 1. The summed E-state index contributed by atoms with van der Waals surface area (Å²) in [5.41, 5.74) is 6.49. The number of hydrogen-bond acceptors (Lipinski definition) is 5. The second-order valence-corrected chi connectivity index (χ2v) is 8.60. The first-order chi connectivity index (χ1) is 17.0. The quantitative estimate of drug-likeness (QED) is 0.440. The summed E-state index contributed by atoms with van der Waals surface area (Å²) in [6.45, 7) is 3.38. The number of rotatable bonds is 6. The van der Waals surface area contributed by atoms with Crippen LogP contribution in [0.3, 0.4) is 0 Å².